The van der Waals surface area contributed by atoms with Crippen molar-refractivity contribution in [1.82, 2.24) is 24.9 Å². The lowest BCUT2D eigenvalue weighted by Gasteiger charge is -2.20. The maximum absolute atomic E-state index is 12.3. The Kier molecular flexibility index (Phi) is 4.79. The molecular formula is C17H24ClN5O3. The number of urea groups is 1. The molecule has 3 amide bonds. The van der Waals surface area contributed by atoms with Crippen molar-refractivity contribution in [2.75, 3.05) is 19.6 Å². The maximum Gasteiger partial charge on any atom is 0.320 e. The second kappa shape index (κ2) is 7.08. The van der Waals surface area contributed by atoms with Crippen LogP contribution in [0.15, 0.2) is 12.4 Å². The minimum absolute atomic E-state index is 0.0388. The molecule has 2 heterocycles. The molecule has 9 heteroatoms. The van der Waals surface area contributed by atoms with Gasteiger partial charge < -0.3 is 20.2 Å². The van der Waals surface area contributed by atoms with Crippen LogP contribution in [-0.2, 0) is 11.3 Å². The summed E-state index contributed by atoms with van der Waals surface area (Å²) in [5.41, 5.74) is 0. The molecule has 2 N–H and O–H groups in total. The Labute approximate surface area is 157 Å². The van der Waals surface area contributed by atoms with Crippen molar-refractivity contribution >= 4 is 23.5 Å². The molecule has 0 bridgehead atoms. The van der Waals surface area contributed by atoms with Gasteiger partial charge in [-0.2, -0.15) is 5.10 Å². The summed E-state index contributed by atoms with van der Waals surface area (Å²) < 4.78 is 1.76. The van der Waals surface area contributed by atoms with Crippen LogP contribution in [0.3, 0.4) is 0 Å². The van der Waals surface area contributed by atoms with Crippen molar-refractivity contribution in [1.29, 1.82) is 0 Å². The molecule has 1 aromatic rings. The van der Waals surface area contributed by atoms with E-state index in [2.05, 4.69) is 10.4 Å². The van der Waals surface area contributed by atoms with Crippen LogP contribution in [0.5, 0.6) is 0 Å². The van der Waals surface area contributed by atoms with E-state index in [0.29, 0.717) is 43.5 Å². The van der Waals surface area contributed by atoms with Gasteiger partial charge in [-0.25, -0.2) is 4.79 Å². The number of halogens is 1. The summed E-state index contributed by atoms with van der Waals surface area (Å²) in [6, 6.07) is 0.0580. The van der Waals surface area contributed by atoms with E-state index in [4.69, 9.17) is 11.6 Å². The number of hydrogen-bond donors (Lipinski definition) is 2. The van der Waals surface area contributed by atoms with Crippen LogP contribution < -0.4 is 5.32 Å². The molecule has 1 aromatic heterocycles. The summed E-state index contributed by atoms with van der Waals surface area (Å²) in [5, 5.41) is 17.9. The second-order valence-electron chi connectivity index (χ2n) is 7.59. The number of aliphatic hydroxyl groups is 1. The average molecular weight is 382 g/mol. The monoisotopic (exact) mass is 381 g/mol. The highest BCUT2D eigenvalue weighted by Crippen LogP contribution is 2.30. The third-order valence-electron chi connectivity index (χ3n) is 5.47. The van der Waals surface area contributed by atoms with E-state index in [9.17, 15) is 14.7 Å². The molecule has 26 heavy (non-hydrogen) atoms. The zero-order valence-electron chi connectivity index (χ0n) is 14.6. The van der Waals surface area contributed by atoms with Gasteiger partial charge in [0.25, 0.3) is 0 Å². The molecule has 3 fully saturated rings. The number of aliphatic hydroxyl groups excluding tert-OH is 1. The van der Waals surface area contributed by atoms with E-state index in [-0.39, 0.29) is 30.4 Å². The lowest BCUT2D eigenvalue weighted by atomic mass is 10.1. The number of carbonyl (C=O) groups excluding carboxylic acids is 2. The molecule has 1 unspecified atom stereocenters. The average Bonchev–Trinajstić information content (AvgIpc) is 3.13. The standard InChI is InChI=1S/C17H24ClN5O3/c18-12-7-19-22(9-12)8-11-5-14(15(24)6-11)20-16(25)10-21-3-4-23(17(21)26)13-1-2-13/h7,9,11,13-15,24H,1-6,8,10H2,(H,20,25)/t11?,14-,15-/m1/s1. The highest BCUT2D eigenvalue weighted by atomic mass is 35.5. The predicted molar refractivity (Wildman–Crippen MR) is 94.6 cm³/mol. The normalized spacial score (nSPS) is 28.8. The quantitative estimate of drug-likeness (QED) is 0.758. The third-order valence-corrected chi connectivity index (χ3v) is 5.66. The second-order valence-corrected chi connectivity index (χ2v) is 8.02. The fourth-order valence-corrected chi connectivity index (χ4v) is 4.18. The Hall–Kier alpha value is -1.80. The van der Waals surface area contributed by atoms with Crippen LogP contribution in [-0.4, -0.2) is 74.4 Å². The predicted octanol–water partition coefficient (Wildman–Crippen LogP) is 0.692. The van der Waals surface area contributed by atoms with E-state index in [1.165, 1.54) is 0 Å². The van der Waals surface area contributed by atoms with Crippen LogP contribution in [0.4, 0.5) is 4.79 Å². The SMILES string of the molecule is O=C(CN1CCN(C2CC2)C1=O)N[C@@H]1CC(Cn2cc(Cl)cn2)C[C@H]1O. The largest absolute Gasteiger partial charge is 0.391 e. The molecule has 0 aromatic carbocycles. The van der Waals surface area contributed by atoms with Crippen molar-refractivity contribution in [3.05, 3.63) is 17.4 Å². The first-order valence-corrected chi connectivity index (χ1v) is 9.58. The highest BCUT2D eigenvalue weighted by Gasteiger charge is 2.40. The highest BCUT2D eigenvalue weighted by molar-refractivity contribution is 6.30. The molecule has 2 aliphatic carbocycles. The Morgan fingerprint density at radius 1 is 1.35 bits per heavy atom. The van der Waals surface area contributed by atoms with Crippen LogP contribution in [0.25, 0.3) is 0 Å². The molecule has 3 aliphatic rings. The smallest absolute Gasteiger partial charge is 0.320 e. The van der Waals surface area contributed by atoms with E-state index >= 15 is 0 Å². The van der Waals surface area contributed by atoms with Crippen molar-refractivity contribution in [3.8, 4) is 0 Å². The molecule has 3 atom stereocenters. The summed E-state index contributed by atoms with van der Waals surface area (Å²) in [7, 11) is 0. The third kappa shape index (κ3) is 3.81. The van der Waals surface area contributed by atoms with Crippen LogP contribution in [0, 0.1) is 5.92 Å². The van der Waals surface area contributed by atoms with Crippen LogP contribution in [0.1, 0.15) is 25.7 Å². The molecule has 0 spiro atoms. The number of nitrogens with one attached hydrogen (secondary N) is 1. The summed E-state index contributed by atoms with van der Waals surface area (Å²) in [5.74, 6) is 0.0212. The first kappa shape index (κ1) is 17.6. The first-order chi connectivity index (χ1) is 12.5. The van der Waals surface area contributed by atoms with Crippen LogP contribution in [0.2, 0.25) is 5.02 Å². The van der Waals surface area contributed by atoms with Gasteiger partial charge in [0.1, 0.15) is 6.54 Å². The molecule has 1 aliphatic heterocycles. The summed E-state index contributed by atoms with van der Waals surface area (Å²) in [6.07, 6.45) is 6.21. The first-order valence-electron chi connectivity index (χ1n) is 9.20. The van der Waals surface area contributed by atoms with E-state index in [0.717, 1.165) is 12.8 Å². The van der Waals surface area contributed by atoms with Gasteiger partial charge in [0.05, 0.1) is 23.4 Å². The lowest BCUT2D eigenvalue weighted by Crippen LogP contribution is -2.46. The zero-order valence-corrected chi connectivity index (χ0v) is 15.3. The van der Waals surface area contributed by atoms with E-state index in [1.54, 1.807) is 22.0 Å². The molecule has 142 valence electrons. The molecule has 1 saturated heterocycles. The summed E-state index contributed by atoms with van der Waals surface area (Å²) >= 11 is 5.87. The number of aromatic nitrogens is 2. The molecular weight excluding hydrogens is 358 g/mol. The van der Waals surface area contributed by atoms with Crippen molar-refractivity contribution in [2.45, 2.75) is 50.4 Å². The summed E-state index contributed by atoms with van der Waals surface area (Å²) in [6.45, 7) is 2.03. The number of nitrogens with zero attached hydrogens (tertiary/aromatic N) is 4. The number of hydrogen-bond acceptors (Lipinski definition) is 4. The van der Waals surface area contributed by atoms with Crippen molar-refractivity contribution in [3.63, 3.8) is 0 Å². The Morgan fingerprint density at radius 3 is 2.85 bits per heavy atom. The zero-order chi connectivity index (χ0) is 18.3. The topological polar surface area (TPSA) is 90.7 Å². The Balaban J connectivity index is 1.25. The van der Waals surface area contributed by atoms with Gasteiger partial charge >= 0.3 is 6.03 Å². The number of carbonyl (C=O) groups is 2. The van der Waals surface area contributed by atoms with Gasteiger partial charge in [-0.3, -0.25) is 9.48 Å². The lowest BCUT2D eigenvalue weighted by molar-refractivity contribution is -0.122. The van der Waals surface area contributed by atoms with Gasteiger partial charge in [0.2, 0.25) is 5.91 Å². The van der Waals surface area contributed by atoms with Crippen molar-refractivity contribution in [2.24, 2.45) is 5.92 Å². The maximum atomic E-state index is 12.3. The van der Waals surface area contributed by atoms with Gasteiger partial charge in [0, 0.05) is 31.9 Å². The minimum atomic E-state index is -0.577. The van der Waals surface area contributed by atoms with Gasteiger partial charge in [-0.05, 0) is 31.6 Å². The number of rotatable bonds is 6. The van der Waals surface area contributed by atoms with Crippen molar-refractivity contribution < 1.29 is 14.7 Å². The molecule has 2 saturated carbocycles. The van der Waals surface area contributed by atoms with Gasteiger partial charge in [-0.1, -0.05) is 11.6 Å². The number of amides is 3. The fraction of sp³-hybridized carbons (Fsp3) is 0.706. The van der Waals surface area contributed by atoms with E-state index in [1.807, 2.05) is 4.90 Å². The molecule has 0 radical (unpaired) electrons. The minimum Gasteiger partial charge on any atom is -0.391 e. The molecule has 4 rings (SSSR count). The molecule has 8 nitrogen and oxygen atoms in total. The fourth-order valence-electron chi connectivity index (χ4n) is 4.02. The Morgan fingerprint density at radius 2 is 2.15 bits per heavy atom. The van der Waals surface area contributed by atoms with Gasteiger partial charge in [0.15, 0.2) is 0 Å². The Bertz CT molecular complexity index is 692. The van der Waals surface area contributed by atoms with Gasteiger partial charge in [-0.15, -0.1) is 0 Å². The van der Waals surface area contributed by atoms with Crippen LogP contribution >= 0.6 is 11.6 Å². The van der Waals surface area contributed by atoms with E-state index < -0.39 is 6.10 Å². The summed E-state index contributed by atoms with van der Waals surface area (Å²) in [4.78, 5) is 28.1.